The molecule has 1 aliphatic rings. The third-order valence-corrected chi connectivity index (χ3v) is 4.15. The van der Waals surface area contributed by atoms with Crippen molar-refractivity contribution < 1.29 is 0 Å². The van der Waals surface area contributed by atoms with Gasteiger partial charge in [-0.15, -0.1) is 12.4 Å². The molecule has 1 aromatic carbocycles. The summed E-state index contributed by atoms with van der Waals surface area (Å²) in [4.78, 5) is 2.51. The summed E-state index contributed by atoms with van der Waals surface area (Å²) >= 11 is 6.05. The number of nitrogens with one attached hydrogen (secondary N) is 1. The van der Waals surface area contributed by atoms with E-state index in [1.165, 1.54) is 18.4 Å². The fourth-order valence-electron chi connectivity index (χ4n) is 2.75. The third-order valence-electron chi connectivity index (χ3n) is 3.91. The van der Waals surface area contributed by atoms with Crippen molar-refractivity contribution in [1.29, 1.82) is 0 Å². The predicted octanol–water partition coefficient (Wildman–Crippen LogP) is 3.55. The van der Waals surface area contributed by atoms with Gasteiger partial charge in [0, 0.05) is 17.6 Å². The van der Waals surface area contributed by atoms with E-state index in [-0.39, 0.29) is 12.4 Å². The number of rotatable bonds is 4. The predicted molar refractivity (Wildman–Crippen MR) is 85.6 cm³/mol. The van der Waals surface area contributed by atoms with Gasteiger partial charge in [0.1, 0.15) is 0 Å². The van der Waals surface area contributed by atoms with E-state index in [0.717, 1.165) is 30.7 Å². The van der Waals surface area contributed by atoms with Crippen LogP contribution < -0.4 is 5.32 Å². The van der Waals surface area contributed by atoms with Crippen molar-refractivity contribution in [2.45, 2.75) is 31.7 Å². The van der Waals surface area contributed by atoms with Gasteiger partial charge >= 0.3 is 0 Å². The van der Waals surface area contributed by atoms with Gasteiger partial charge in [0.05, 0.1) is 0 Å². The Bertz CT molecular complexity index is 378. The zero-order valence-electron chi connectivity index (χ0n) is 11.7. The quantitative estimate of drug-likeness (QED) is 0.915. The number of halogens is 2. The number of piperidine rings is 1. The first-order valence-corrected chi connectivity index (χ1v) is 7.21. The molecule has 1 unspecified atom stereocenters. The second-order valence-electron chi connectivity index (χ2n) is 5.38. The Kier molecular flexibility index (Phi) is 7.16. The van der Waals surface area contributed by atoms with E-state index in [2.05, 4.69) is 36.3 Å². The molecule has 108 valence electrons. The van der Waals surface area contributed by atoms with Gasteiger partial charge in [-0.2, -0.15) is 0 Å². The molecule has 1 fully saturated rings. The van der Waals surface area contributed by atoms with E-state index in [0.29, 0.717) is 5.92 Å². The van der Waals surface area contributed by atoms with Crippen LogP contribution in [0, 0.1) is 0 Å². The molecule has 1 heterocycles. The molecule has 19 heavy (non-hydrogen) atoms. The minimum absolute atomic E-state index is 0. The van der Waals surface area contributed by atoms with Crippen molar-refractivity contribution >= 4 is 24.0 Å². The largest absolute Gasteiger partial charge is 0.317 e. The van der Waals surface area contributed by atoms with Crippen LogP contribution >= 0.6 is 24.0 Å². The molecule has 2 nitrogen and oxygen atoms in total. The van der Waals surface area contributed by atoms with Gasteiger partial charge in [-0.05, 0) is 56.6 Å². The molecule has 1 N–H and O–H groups in total. The molecule has 0 bridgehead atoms. The van der Waals surface area contributed by atoms with Crippen molar-refractivity contribution in [2.24, 2.45) is 0 Å². The van der Waals surface area contributed by atoms with E-state index in [1.807, 2.05) is 12.1 Å². The first kappa shape index (κ1) is 16.8. The van der Waals surface area contributed by atoms with Gasteiger partial charge in [-0.3, -0.25) is 0 Å². The summed E-state index contributed by atoms with van der Waals surface area (Å²) in [5, 5.41) is 4.25. The summed E-state index contributed by atoms with van der Waals surface area (Å²) in [6, 6.07) is 8.97. The van der Waals surface area contributed by atoms with E-state index in [9.17, 15) is 0 Å². The minimum atomic E-state index is 0. The topological polar surface area (TPSA) is 15.3 Å². The molecule has 0 aliphatic carbocycles. The van der Waals surface area contributed by atoms with E-state index in [4.69, 9.17) is 11.6 Å². The number of benzene rings is 1. The van der Waals surface area contributed by atoms with Crippen LogP contribution in [-0.2, 0) is 0 Å². The first-order chi connectivity index (χ1) is 8.66. The normalized spacial score (nSPS) is 18.1. The Morgan fingerprint density at radius 1 is 1.37 bits per heavy atom. The molecule has 1 saturated heterocycles. The van der Waals surface area contributed by atoms with Crippen LogP contribution in [0.5, 0.6) is 0 Å². The average Bonchev–Trinajstić information content (AvgIpc) is 2.39. The average molecular weight is 303 g/mol. The third kappa shape index (κ3) is 4.96. The molecule has 1 aromatic rings. The van der Waals surface area contributed by atoms with Crippen molar-refractivity contribution in [3.05, 3.63) is 34.9 Å². The van der Waals surface area contributed by atoms with Crippen molar-refractivity contribution in [3.63, 3.8) is 0 Å². The number of hydrogen-bond acceptors (Lipinski definition) is 2. The van der Waals surface area contributed by atoms with Gasteiger partial charge in [0.15, 0.2) is 0 Å². The maximum atomic E-state index is 6.05. The van der Waals surface area contributed by atoms with Crippen molar-refractivity contribution in [2.75, 3.05) is 26.7 Å². The van der Waals surface area contributed by atoms with Crippen LogP contribution in [0.2, 0.25) is 5.02 Å². The maximum absolute atomic E-state index is 6.05. The van der Waals surface area contributed by atoms with Gasteiger partial charge in [0.25, 0.3) is 0 Å². The Morgan fingerprint density at radius 2 is 2.05 bits per heavy atom. The highest BCUT2D eigenvalue weighted by molar-refractivity contribution is 6.30. The van der Waals surface area contributed by atoms with Crippen LogP contribution in [0.25, 0.3) is 0 Å². The fourth-order valence-corrected chi connectivity index (χ4v) is 2.95. The van der Waals surface area contributed by atoms with Crippen molar-refractivity contribution in [3.8, 4) is 0 Å². The van der Waals surface area contributed by atoms with Gasteiger partial charge < -0.3 is 10.2 Å². The molecule has 0 spiro atoms. The van der Waals surface area contributed by atoms with Crippen molar-refractivity contribution in [1.82, 2.24) is 10.2 Å². The molecule has 1 aliphatic heterocycles. The smallest absolute Gasteiger partial charge is 0.0408 e. The van der Waals surface area contributed by atoms with Crippen LogP contribution in [-0.4, -0.2) is 37.6 Å². The molecule has 0 saturated carbocycles. The first-order valence-electron chi connectivity index (χ1n) is 6.83. The second kappa shape index (κ2) is 8.11. The maximum Gasteiger partial charge on any atom is 0.0408 e. The lowest BCUT2D eigenvalue weighted by Gasteiger charge is -2.33. The lowest BCUT2D eigenvalue weighted by atomic mass is 9.98. The lowest BCUT2D eigenvalue weighted by molar-refractivity contribution is 0.191. The SMILES string of the molecule is CC(CN(C)C1CCNCC1)c1cccc(Cl)c1.Cl. The van der Waals surface area contributed by atoms with Gasteiger partial charge in [-0.1, -0.05) is 30.7 Å². The Balaban J connectivity index is 0.00000180. The standard InChI is InChI=1S/C15H23ClN2.ClH/c1-12(13-4-3-5-14(16)10-13)11-18(2)15-6-8-17-9-7-15;/h3-5,10,12,15,17H,6-9,11H2,1-2H3;1H. The Labute approximate surface area is 127 Å². The summed E-state index contributed by atoms with van der Waals surface area (Å²) < 4.78 is 0. The zero-order chi connectivity index (χ0) is 13.0. The fraction of sp³-hybridized carbons (Fsp3) is 0.600. The highest BCUT2D eigenvalue weighted by atomic mass is 35.5. The second-order valence-corrected chi connectivity index (χ2v) is 5.81. The Hall–Kier alpha value is -0.280. The summed E-state index contributed by atoms with van der Waals surface area (Å²) in [6.45, 7) is 5.69. The molecule has 0 amide bonds. The summed E-state index contributed by atoms with van der Waals surface area (Å²) in [5.41, 5.74) is 1.34. The van der Waals surface area contributed by atoms with E-state index >= 15 is 0 Å². The lowest BCUT2D eigenvalue weighted by Crippen LogP contribution is -2.42. The number of hydrogen-bond donors (Lipinski definition) is 1. The Morgan fingerprint density at radius 3 is 2.68 bits per heavy atom. The molecule has 1 atom stereocenters. The van der Waals surface area contributed by atoms with Gasteiger partial charge in [-0.25, -0.2) is 0 Å². The molecule has 2 rings (SSSR count). The minimum Gasteiger partial charge on any atom is -0.317 e. The molecular weight excluding hydrogens is 279 g/mol. The van der Waals surface area contributed by atoms with Crippen LogP contribution in [0.4, 0.5) is 0 Å². The monoisotopic (exact) mass is 302 g/mol. The highest BCUT2D eigenvalue weighted by Crippen LogP contribution is 2.21. The van der Waals surface area contributed by atoms with Crippen LogP contribution in [0.15, 0.2) is 24.3 Å². The summed E-state index contributed by atoms with van der Waals surface area (Å²) in [6.07, 6.45) is 2.53. The zero-order valence-corrected chi connectivity index (χ0v) is 13.3. The molecular formula is C15H24Cl2N2. The molecule has 0 radical (unpaired) electrons. The number of nitrogens with zero attached hydrogens (tertiary/aromatic N) is 1. The number of likely N-dealkylation sites (N-methyl/N-ethyl adjacent to an activating group) is 1. The van der Waals surface area contributed by atoms with E-state index < -0.39 is 0 Å². The molecule has 0 aromatic heterocycles. The summed E-state index contributed by atoms with van der Waals surface area (Å²) in [7, 11) is 2.25. The van der Waals surface area contributed by atoms with Crippen LogP contribution in [0.1, 0.15) is 31.2 Å². The molecule has 4 heteroatoms. The van der Waals surface area contributed by atoms with E-state index in [1.54, 1.807) is 0 Å². The van der Waals surface area contributed by atoms with Crippen LogP contribution in [0.3, 0.4) is 0 Å². The highest BCUT2D eigenvalue weighted by Gasteiger charge is 2.19. The van der Waals surface area contributed by atoms with Gasteiger partial charge in [0.2, 0.25) is 0 Å². The summed E-state index contributed by atoms with van der Waals surface area (Å²) in [5.74, 6) is 0.531.